The van der Waals surface area contributed by atoms with Gasteiger partial charge in [-0.25, -0.2) is 9.78 Å². The largest absolute Gasteiger partial charge is 0.385 e. The number of halogens is 1. The van der Waals surface area contributed by atoms with Crippen molar-refractivity contribution in [3.05, 3.63) is 15.6 Å². The zero-order valence-electron chi connectivity index (χ0n) is 7.62. The number of hydrogen-bond donors (Lipinski definition) is 0. The molecule has 0 fully saturated rings. The highest BCUT2D eigenvalue weighted by atomic mass is 35.5. The maximum Gasteiger partial charge on any atom is 0.385 e. The molecule has 14 heavy (non-hydrogen) atoms. The van der Waals surface area contributed by atoms with Crippen LogP contribution in [-0.4, -0.2) is 29.4 Å². The van der Waals surface area contributed by atoms with Crippen LogP contribution in [0.5, 0.6) is 0 Å². The Labute approximate surface area is 90.6 Å². The first-order chi connectivity index (χ1) is 6.70. The average molecular weight is 233 g/mol. The molecule has 0 saturated heterocycles. The minimum atomic E-state index is -0.561. The molecule has 2 rings (SSSR count). The van der Waals surface area contributed by atoms with E-state index < -0.39 is 5.97 Å². The predicted octanol–water partition coefficient (Wildman–Crippen LogP) is 1.44. The number of aromatic nitrogens is 1. The van der Waals surface area contributed by atoms with E-state index in [4.69, 9.17) is 11.9 Å². The third-order valence-electron chi connectivity index (χ3n) is 2.17. The fraction of sp³-hybridized carbons (Fsp3) is 0.500. The zero-order chi connectivity index (χ0) is 10.1. The lowest BCUT2D eigenvalue weighted by atomic mass is 10.2. The van der Waals surface area contributed by atoms with E-state index in [2.05, 4.69) is 14.2 Å². The van der Waals surface area contributed by atoms with Crippen LogP contribution in [0.1, 0.15) is 20.4 Å². The van der Waals surface area contributed by atoms with Crippen molar-refractivity contribution in [3.63, 3.8) is 0 Å². The number of thiazole rings is 1. The number of carbonyl (C=O) groups is 1. The standard InChI is InChI=1S/C8H9ClN2O2S/c1-11-3-2-5-6(4-11)14-7(10-5)8(12)13-9/h2-4H2,1H3. The summed E-state index contributed by atoms with van der Waals surface area (Å²) in [5.41, 5.74) is 1.00. The Morgan fingerprint density at radius 3 is 3.21 bits per heavy atom. The summed E-state index contributed by atoms with van der Waals surface area (Å²) in [6, 6.07) is 0. The molecule has 1 aliphatic rings. The molecular formula is C8H9ClN2O2S. The zero-order valence-corrected chi connectivity index (χ0v) is 9.19. The molecule has 0 unspecified atom stereocenters. The molecule has 2 heterocycles. The Morgan fingerprint density at radius 2 is 2.50 bits per heavy atom. The molecule has 0 spiro atoms. The minimum absolute atomic E-state index is 0.348. The van der Waals surface area contributed by atoms with Crippen LogP contribution in [0.3, 0.4) is 0 Å². The molecule has 4 nitrogen and oxygen atoms in total. The summed E-state index contributed by atoms with van der Waals surface area (Å²) in [6.45, 7) is 1.83. The van der Waals surface area contributed by atoms with E-state index in [1.54, 1.807) is 0 Å². The molecule has 76 valence electrons. The highest BCUT2D eigenvalue weighted by molar-refractivity contribution is 7.13. The monoisotopic (exact) mass is 232 g/mol. The SMILES string of the molecule is CN1CCc2nc(C(=O)OCl)sc2C1. The quantitative estimate of drug-likeness (QED) is 0.735. The molecule has 0 N–H and O–H groups in total. The van der Waals surface area contributed by atoms with E-state index in [9.17, 15) is 4.79 Å². The van der Waals surface area contributed by atoms with Crippen LogP contribution >= 0.6 is 23.2 Å². The third-order valence-corrected chi connectivity index (χ3v) is 3.37. The molecular weight excluding hydrogens is 224 g/mol. The first kappa shape index (κ1) is 9.89. The molecule has 1 aliphatic heterocycles. The molecule has 1 aromatic heterocycles. The van der Waals surface area contributed by atoms with E-state index in [-0.39, 0.29) is 0 Å². The molecule has 0 radical (unpaired) electrons. The maximum atomic E-state index is 11.1. The van der Waals surface area contributed by atoms with Gasteiger partial charge in [-0.2, -0.15) is 0 Å². The molecule has 6 heteroatoms. The third kappa shape index (κ3) is 1.75. The van der Waals surface area contributed by atoms with Gasteiger partial charge in [0.25, 0.3) is 0 Å². The smallest absolute Gasteiger partial charge is 0.341 e. The van der Waals surface area contributed by atoms with Crippen molar-refractivity contribution in [1.82, 2.24) is 9.88 Å². The van der Waals surface area contributed by atoms with E-state index >= 15 is 0 Å². The highest BCUT2D eigenvalue weighted by Crippen LogP contribution is 2.24. The molecule has 0 atom stereocenters. The Morgan fingerprint density at radius 1 is 1.71 bits per heavy atom. The lowest BCUT2D eigenvalue weighted by Crippen LogP contribution is -2.25. The second-order valence-corrected chi connectivity index (χ2v) is 4.48. The summed E-state index contributed by atoms with van der Waals surface area (Å²) in [7, 11) is 2.04. The van der Waals surface area contributed by atoms with E-state index in [1.807, 2.05) is 7.05 Å². The topological polar surface area (TPSA) is 42.4 Å². The van der Waals surface area contributed by atoms with Crippen molar-refractivity contribution in [3.8, 4) is 0 Å². The van der Waals surface area contributed by atoms with E-state index in [0.29, 0.717) is 5.01 Å². The highest BCUT2D eigenvalue weighted by Gasteiger charge is 2.21. The number of fused-ring (bicyclic) bond motifs is 1. The van der Waals surface area contributed by atoms with Crippen LogP contribution in [0.4, 0.5) is 0 Å². The first-order valence-electron chi connectivity index (χ1n) is 4.20. The van der Waals surface area contributed by atoms with Crippen molar-refractivity contribution in [2.24, 2.45) is 0 Å². The van der Waals surface area contributed by atoms with Crippen molar-refractivity contribution in [2.75, 3.05) is 13.6 Å². The van der Waals surface area contributed by atoms with Gasteiger partial charge in [0.15, 0.2) is 0 Å². The summed E-state index contributed by atoms with van der Waals surface area (Å²) in [5.74, 6) is -0.561. The number of rotatable bonds is 1. The van der Waals surface area contributed by atoms with Crippen LogP contribution < -0.4 is 0 Å². The maximum absolute atomic E-state index is 11.1. The van der Waals surface area contributed by atoms with Gasteiger partial charge in [-0.1, -0.05) is 0 Å². The molecule has 0 saturated carbocycles. The average Bonchev–Trinajstić information content (AvgIpc) is 2.59. The van der Waals surface area contributed by atoms with Crippen LogP contribution in [0, 0.1) is 0 Å². The number of hydrogen-bond acceptors (Lipinski definition) is 5. The Balaban J connectivity index is 2.27. The molecule has 0 aromatic carbocycles. The summed E-state index contributed by atoms with van der Waals surface area (Å²) in [6.07, 6.45) is 0.887. The van der Waals surface area contributed by atoms with Gasteiger partial charge in [0, 0.05) is 24.4 Å². The van der Waals surface area contributed by atoms with E-state index in [0.717, 1.165) is 30.1 Å². The minimum Gasteiger partial charge on any atom is -0.341 e. The summed E-state index contributed by atoms with van der Waals surface area (Å²) in [4.78, 5) is 18.6. The van der Waals surface area contributed by atoms with Crippen LogP contribution in [0.15, 0.2) is 0 Å². The van der Waals surface area contributed by atoms with Gasteiger partial charge in [0.2, 0.25) is 5.01 Å². The molecule has 0 bridgehead atoms. The van der Waals surface area contributed by atoms with E-state index in [1.165, 1.54) is 11.3 Å². The van der Waals surface area contributed by atoms with Gasteiger partial charge < -0.3 is 9.19 Å². The van der Waals surface area contributed by atoms with Gasteiger partial charge in [0.05, 0.1) is 5.69 Å². The first-order valence-corrected chi connectivity index (χ1v) is 5.33. The second-order valence-electron chi connectivity index (χ2n) is 3.24. The van der Waals surface area contributed by atoms with Crippen molar-refractivity contribution >= 4 is 29.2 Å². The summed E-state index contributed by atoms with van der Waals surface area (Å²) < 4.78 is 4.11. The molecule has 0 amide bonds. The molecule has 0 aliphatic carbocycles. The van der Waals surface area contributed by atoms with Crippen molar-refractivity contribution in [1.29, 1.82) is 0 Å². The number of nitrogens with zero attached hydrogens (tertiary/aromatic N) is 2. The van der Waals surface area contributed by atoms with Gasteiger partial charge >= 0.3 is 5.97 Å². The van der Waals surface area contributed by atoms with Crippen molar-refractivity contribution in [2.45, 2.75) is 13.0 Å². The fourth-order valence-corrected chi connectivity index (χ4v) is 2.63. The summed E-state index contributed by atoms with van der Waals surface area (Å²) >= 11 is 6.35. The molecule has 1 aromatic rings. The lowest BCUT2D eigenvalue weighted by molar-refractivity contribution is 0.0750. The number of likely N-dealkylation sites (N-methyl/N-ethyl adjacent to an activating group) is 1. The van der Waals surface area contributed by atoms with Gasteiger partial charge in [-0.15, -0.1) is 11.3 Å². The fourth-order valence-electron chi connectivity index (χ4n) is 1.44. The Hall–Kier alpha value is -0.650. The second kappa shape index (κ2) is 3.84. The van der Waals surface area contributed by atoms with Crippen LogP contribution in [0.2, 0.25) is 0 Å². The van der Waals surface area contributed by atoms with Crippen molar-refractivity contribution < 1.29 is 9.08 Å². The number of carbonyl (C=O) groups excluding carboxylic acids is 1. The van der Waals surface area contributed by atoms with Gasteiger partial charge in [0.1, 0.15) is 11.9 Å². The normalized spacial score (nSPS) is 16.4. The Bertz CT molecular complexity index is 366. The van der Waals surface area contributed by atoms with Gasteiger partial charge in [-0.05, 0) is 7.05 Å². The van der Waals surface area contributed by atoms with Crippen LogP contribution in [-0.2, 0) is 17.3 Å². The Kier molecular flexibility index (Phi) is 2.71. The lowest BCUT2D eigenvalue weighted by Gasteiger charge is -2.20. The predicted molar refractivity (Wildman–Crippen MR) is 53.4 cm³/mol. The van der Waals surface area contributed by atoms with Crippen LogP contribution in [0.25, 0.3) is 0 Å². The van der Waals surface area contributed by atoms with Gasteiger partial charge in [-0.3, -0.25) is 0 Å². The summed E-state index contributed by atoms with van der Waals surface area (Å²) in [5, 5.41) is 0.348.